The quantitative estimate of drug-likeness (QED) is 0.552. The smallest absolute Gasteiger partial charge is 0.258 e. The van der Waals surface area contributed by atoms with Crippen LogP contribution in [-0.4, -0.2) is 25.0 Å². The maximum absolute atomic E-state index is 13.8. The maximum Gasteiger partial charge on any atom is 0.258 e. The van der Waals surface area contributed by atoms with Crippen LogP contribution in [0.5, 0.6) is 11.5 Å². The van der Waals surface area contributed by atoms with Gasteiger partial charge in [0.25, 0.3) is 5.91 Å². The third-order valence-electron chi connectivity index (χ3n) is 5.22. The average molecular weight is 389 g/mol. The van der Waals surface area contributed by atoms with Crippen molar-refractivity contribution in [3.63, 3.8) is 0 Å². The van der Waals surface area contributed by atoms with E-state index in [0.717, 1.165) is 11.1 Å². The molecule has 0 aliphatic heterocycles. The lowest BCUT2D eigenvalue weighted by Crippen LogP contribution is -2.45. The molecule has 150 valence electrons. The molecule has 3 aromatic carbocycles. The zero-order valence-corrected chi connectivity index (χ0v) is 17.4. The first-order valence-electron chi connectivity index (χ1n) is 9.61. The number of carbonyl (C=O) groups excluding carboxylic acids is 1. The number of hydrogen-bond acceptors (Lipinski definition) is 3. The number of carbonyl (C=O) groups is 1. The normalized spacial score (nSPS) is 11.0. The summed E-state index contributed by atoms with van der Waals surface area (Å²) in [7, 11) is 3.16. The van der Waals surface area contributed by atoms with Crippen LogP contribution in [0.15, 0.2) is 78.9 Å². The molecule has 3 rings (SSSR count). The van der Waals surface area contributed by atoms with Crippen molar-refractivity contribution in [3.8, 4) is 11.5 Å². The molecule has 29 heavy (non-hydrogen) atoms. The highest BCUT2D eigenvalue weighted by Crippen LogP contribution is 2.34. The van der Waals surface area contributed by atoms with E-state index >= 15 is 0 Å². The van der Waals surface area contributed by atoms with E-state index in [2.05, 4.69) is 26.0 Å². The first-order chi connectivity index (χ1) is 14.0. The van der Waals surface area contributed by atoms with Gasteiger partial charge in [-0.05, 0) is 37.1 Å². The van der Waals surface area contributed by atoms with Crippen LogP contribution in [0.3, 0.4) is 0 Å². The van der Waals surface area contributed by atoms with Gasteiger partial charge in [-0.1, -0.05) is 60.7 Å². The van der Waals surface area contributed by atoms with E-state index in [-0.39, 0.29) is 5.91 Å². The molecule has 0 spiro atoms. The van der Waals surface area contributed by atoms with Crippen LogP contribution in [0.2, 0.25) is 0 Å². The molecule has 4 nitrogen and oxygen atoms in total. The monoisotopic (exact) mass is 389 g/mol. The van der Waals surface area contributed by atoms with Gasteiger partial charge in [-0.3, -0.25) is 4.79 Å². The molecule has 0 saturated heterocycles. The Morgan fingerprint density at radius 1 is 0.862 bits per heavy atom. The Balaban J connectivity index is 2.06. The van der Waals surface area contributed by atoms with Crippen molar-refractivity contribution in [2.24, 2.45) is 0 Å². The summed E-state index contributed by atoms with van der Waals surface area (Å²) in [4.78, 5) is 15.6. The molecule has 0 aliphatic rings. The Hall–Kier alpha value is -3.27. The van der Waals surface area contributed by atoms with Crippen molar-refractivity contribution in [3.05, 3.63) is 95.6 Å². The second-order valence-electron chi connectivity index (χ2n) is 7.37. The van der Waals surface area contributed by atoms with Crippen LogP contribution in [0.25, 0.3) is 0 Å². The summed E-state index contributed by atoms with van der Waals surface area (Å²) in [6.45, 7) is 4.62. The van der Waals surface area contributed by atoms with Gasteiger partial charge in [0.05, 0.1) is 25.3 Å². The van der Waals surface area contributed by atoms with E-state index in [4.69, 9.17) is 9.47 Å². The summed E-state index contributed by atoms with van der Waals surface area (Å²) in [5.41, 5.74) is 2.11. The van der Waals surface area contributed by atoms with E-state index in [1.165, 1.54) is 0 Å². The molecule has 0 radical (unpaired) electrons. The number of rotatable bonds is 7. The van der Waals surface area contributed by atoms with Gasteiger partial charge in [-0.2, -0.15) is 0 Å². The fourth-order valence-electron chi connectivity index (χ4n) is 3.41. The SMILES string of the molecule is COc1ccc(C(=O)N(Cc2ccccc2)C(C)(C)c2ccccc2)c(OC)c1. The van der Waals surface area contributed by atoms with Crippen molar-refractivity contribution in [2.45, 2.75) is 25.9 Å². The molecule has 3 aromatic rings. The van der Waals surface area contributed by atoms with Crippen molar-refractivity contribution in [2.75, 3.05) is 14.2 Å². The van der Waals surface area contributed by atoms with Crippen LogP contribution < -0.4 is 9.47 Å². The number of hydrogen-bond donors (Lipinski definition) is 0. The Morgan fingerprint density at radius 2 is 1.48 bits per heavy atom. The van der Waals surface area contributed by atoms with Gasteiger partial charge in [0.1, 0.15) is 11.5 Å². The lowest BCUT2D eigenvalue weighted by atomic mass is 9.90. The topological polar surface area (TPSA) is 38.8 Å². The third-order valence-corrected chi connectivity index (χ3v) is 5.22. The molecule has 0 saturated carbocycles. The Kier molecular flexibility index (Phi) is 6.23. The average Bonchev–Trinajstić information content (AvgIpc) is 2.77. The molecule has 0 bridgehead atoms. The van der Waals surface area contributed by atoms with Gasteiger partial charge < -0.3 is 14.4 Å². The molecule has 4 heteroatoms. The van der Waals surface area contributed by atoms with E-state index in [1.807, 2.05) is 53.4 Å². The minimum Gasteiger partial charge on any atom is -0.497 e. The molecule has 0 atom stereocenters. The van der Waals surface area contributed by atoms with Crippen molar-refractivity contribution >= 4 is 5.91 Å². The Bertz CT molecular complexity index is 952. The predicted molar refractivity (Wildman–Crippen MR) is 115 cm³/mol. The highest BCUT2D eigenvalue weighted by molar-refractivity contribution is 5.97. The van der Waals surface area contributed by atoms with Gasteiger partial charge >= 0.3 is 0 Å². The standard InChI is InChI=1S/C25H27NO3/c1-25(2,20-13-9-6-10-14-20)26(18-19-11-7-5-8-12-19)24(27)22-16-15-21(28-3)17-23(22)29-4/h5-17H,18H2,1-4H3. The summed E-state index contributed by atoms with van der Waals surface area (Å²) in [6.07, 6.45) is 0. The number of ether oxygens (including phenoxy) is 2. The van der Waals surface area contributed by atoms with E-state index in [1.54, 1.807) is 32.4 Å². The molecule has 1 amide bonds. The van der Waals surface area contributed by atoms with Crippen LogP contribution in [-0.2, 0) is 12.1 Å². The third kappa shape index (κ3) is 4.43. The van der Waals surface area contributed by atoms with E-state index < -0.39 is 5.54 Å². The van der Waals surface area contributed by atoms with Gasteiger partial charge in [-0.15, -0.1) is 0 Å². The van der Waals surface area contributed by atoms with Crippen LogP contribution in [0, 0.1) is 0 Å². The zero-order chi connectivity index (χ0) is 20.9. The molecule has 0 fully saturated rings. The second-order valence-corrected chi connectivity index (χ2v) is 7.37. The second kappa shape index (κ2) is 8.82. The molecule has 0 aromatic heterocycles. The van der Waals surface area contributed by atoms with Gasteiger partial charge in [-0.25, -0.2) is 0 Å². The fourth-order valence-corrected chi connectivity index (χ4v) is 3.41. The summed E-state index contributed by atoms with van der Waals surface area (Å²) < 4.78 is 10.8. The lowest BCUT2D eigenvalue weighted by Gasteiger charge is -2.39. The van der Waals surface area contributed by atoms with Crippen molar-refractivity contribution in [1.82, 2.24) is 4.90 Å². The number of methoxy groups -OCH3 is 2. The minimum atomic E-state index is -0.529. The van der Waals surface area contributed by atoms with Gasteiger partial charge in [0.2, 0.25) is 0 Å². The summed E-state index contributed by atoms with van der Waals surface area (Å²) in [6, 6.07) is 25.4. The van der Waals surface area contributed by atoms with Crippen molar-refractivity contribution < 1.29 is 14.3 Å². The molecular formula is C25H27NO3. The minimum absolute atomic E-state index is 0.0952. The Morgan fingerprint density at radius 3 is 2.07 bits per heavy atom. The maximum atomic E-state index is 13.8. The lowest BCUT2D eigenvalue weighted by molar-refractivity contribution is 0.0511. The molecule has 0 aliphatic carbocycles. The number of amides is 1. The largest absolute Gasteiger partial charge is 0.497 e. The van der Waals surface area contributed by atoms with Crippen LogP contribution in [0.4, 0.5) is 0 Å². The first-order valence-corrected chi connectivity index (χ1v) is 9.61. The molecule has 0 N–H and O–H groups in total. The fraction of sp³-hybridized carbons (Fsp3) is 0.240. The Labute approximate surface area is 172 Å². The van der Waals surface area contributed by atoms with Gasteiger partial charge in [0.15, 0.2) is 0 Å². The highest BCUT2D eigenvalue weighted by atomic mass is 16.5. The molecule has 0 heterocycles. The summed E-state index contributed by atoms with van der Waals surface area (Å²) >= 11 is 0. The zero-order valence-electron chi connectivity index (χ0n) is 17.4. The first kappa shape index (κ1) is 20.5. The van der Waals surface area contributed by atoms with Gasteiger partial charge in [0, 0.05) is 12.6 Å². The highest BCUT2D eigenvalue weighted by Gasteiger charge is 2.34. The predicted octanol–water partition coefficient (Wildman–Crippen LogP) is 5.28. The summed E-state index contributed by atoms with van der Waals surface area (Å²) in [5, 5.41) is 0. The number of nitrogens with zero attached hydrogens (tertiary/aromatic N) is 1. The van der Waals surface area contributed by atoms with Crippen molar-refractivity contribution in [1.29, 1.82) is 0 Å². The number of benzene rings is 3. The molecule has 0 unspecified atom stereocenters. The van der Waals surface area contributed by atoms with E-state index in [0.29, 0.717) is 23.6 Å². The van der Waals surface area contributed by atoms with Crippen LogP contribution >= 0.6 is 0 Å². The van der Waals surface area contributed by atoms with Crippen LogP contribution in [0.1, 0.15) is 35.3 Å². The molecular weight excluding hydrogens is 362 g/mol. The summed E-state index contributed by atoms with van der Waals surface area (Å²) in [5.74, 6) is 1.05. The van der Waals surface area contributed by atoms with E-state index in [9.17, 15) is 4.79 Å².